The Hall–Kier alpha value is -1.55. The lowest BCUT2D eigenvalue weighted by Gasteiger charge is -2.49. The molecule has 0 aliphatic carbocycles. The molecule has 0 spiro atoms. The van der Waals surface area contributed by atoms with E-state index in [1.807, 2.05) is 13.8 Å². The van der Waals surface area contributed by atoms with E-state index in [-0.39, 0.29) is 17.6 Å². The van der Waals surface area contributed by atoms with Crippen molar-refractivity contribution in [3.05, 3.63) is 29.8 Å². The van der Waals surface area contributed by atoms with Gasteiger partial charge in [-0.25, -0.2) is 0 Å². The second kappa shape index (κ2) is 4.61. The molecule has 0 unspecified atom stereocenters. The summed E-state index contributed by atoms with van der Waals surface area (Å²) >= 11 is 0. The van der Waals surface area contributed by atoms with Crippen LogP contribution in [-0.4, -0.2) is 39.7 Å². The average Bonchev–Trinajstić information content (AvgIpc) is 2.27. The molecule has 0 aromatic heterocycles. The highest BCUT2D eigenvalue weighted by Gasteiger charge is 2.45. The molecular formula is C14H19NO3. The van der Waals surface area contributed by atoms with Crippen LogP contribution in [0.4, 0.5) is 0 Å². The maximum absolute atomic E-state index is 11.9. The average molecular weight is 249 g/mol. The molecule has 1 saturated heterocycles. The third-order valence-corrected chi connectivity index (χ3v) is 3.65. The molecule has 1 amide bonds. The molecule has 18 heavy (non-hydrogen) atoms. The van der Waals surface area contributed by atoms with Crippen molar-refractivity contribution in [2.75, 3.05) is 13.1 Å². The molecular weight excluding hydrogens is 230 g/mol. The minimum Gasteiger partial charge on any atom is -0.508 e. The Kier molecular flexibility index (Phi) is 3.30. The highest BCUT2D eigenvalue weighted by molar-refractivity contribution is 5.80. The Labute approximate surface area is 107 Å². The minimum atomic E-state index is -0.718. The van der Waals surface area contributed by atoms with Crippen LogP contribution in [-0.2, 0) is 11.2 Å². The molecule has 2 N–H and O–H groups in total. The highest BCUT2D eigenvalue weighted by atomic mass is 16.3. The first-order valence-electron chi connectivity index (χ1n) is 6.19. The molecule has 0 bridgehead atoms. The third-order valence-electron chi connectivity index (χ3n) is 3.65. The molecule has 2 rings (SSSR count). The zero-order chi connectivity index (χ0) is 13.3. The molecule has 98 valence electrons. The van der Waals surface area contributed by atoms with Crippen molar-refractivity contribution >= 4 is 5.91 Å². The summed E-state index contributed by atoms with van der Waals surface area (Å²) in [5, 5.41) is 19.2. The summed E-state index contributed by atoms with van der Waals surface area (Å²) in [4.78, 5) is 13.6. The minimum absolute atomic E-state index is 0.0195. The van der Waals surface area contributed by atoms with Gasteiger partial charge in [-0.1, -0.05) is 26.0 Å². The Morgan fingerprint density at radius 3 is 2.39 bits per heavy atom. The van der Waals surface area contributed by atoms with Gasteiger partial charge in [-0.15, -0.1) is 0 Å². The van der Waals surface area contributed by atoms with Crippen molar-refractivity contribution in [2.24, 2.45) is 5.92 Å². The van der Waals surface area contributed by atoms with Crippen LogP contribution in [0.1, 0.15) is 19.4 Å². The first-order chi connectivity index (χ1) is 8.40. The molecule has 1 aromatic carbocycles. The van der Waals surface area contributed by atoms with Crippen LogP contribution in [0.15, 0.2) is 24.3 Å². The van der Waals surface area contributed by atoms with Gasteiger partial charge in [-0.2, -0.15) is 0 Å². The number of carbonyl (C=O) groups excluding carboxylic acids is 1. The van der Waals surface area contributed by atoms with Gasteiger partial charge < -0.3 is 15.1 Å². The van der Waals surface area contributed by atoms with Crippen molar-refractivity contribution in [1.29, 1.82) is 0 Å². The van der Waals surface area contributed by atoms with Gasteiger partial charge in [0, 0.05) is 0 Å². The van der Waals surface area contributed by atoms with Crippen molar-refractivity contribution in [2.45, 2.75) is 25.9 Å². The van der Waals surface area contributed by atoms with Crippen LogP contribution in [0.5, 0.6) is 5.75 Å². The maximum Gasteiger partial charge on any atom is 0.227 e. The van der Waals surface area contributed by atoms with Gasteiger partial charge >= 0.3 is 0 Å². The van der Waals surface area contributed by atoms with Crippen LogP contribution in [0.25, 0.3) is 0 Å². The molecule has 0 atom stereocenters. The number of amides is 1. The van der Waals surface area contributed by atoms with E-state index in [0.717, 1.165) is 5.56 Å². The zero-order valence-electron chi connectivity index (χ0n) is 10.8. The standard InChI is InChI=1S/C14H19NO3/c1-10(2)14(18)8-15(9-14)13(17)7-11-3-5-12(16)6-4-11/h3-6,10,16,18H,7-9H2,1-2H3. The molecule has 1 aliphatic heterocycles. The number of β-amino-alcohol motifs (C(OH)–C–C–N with tert-alkyl or cyclic N) is 1. The first-order valence-corrected chi connectivity index (χ1v) is 6.19. The number of phenolic OH excluding ortho intramolecular Hbond substituents is 1. The second-order valence-corrected chi connectivity index (χ2v) is 5.35. The fraction of sp³-hybridized carbons (Fsp3) is 0.500. The number of nitrogens with zero attached hydrogens (tertiary/aromatic N) is 1. The molecule has 1 fully saturated rings. The van der Waals surface area contributed by atoms with Crippen molar-refractivity contribution in [3.63, 3.8) is 0 Å². The van der Waals surface area contributed by atoms with E-state index in [2.05, 4.69) is 0 Å². The van der Waals surface area contributed by atoms with Crippen LogP contribution < -0.4 is 0 Å². The van der Waals surface area contributed by atoms with E-state index in [9.17, 15) is 9.90 Å². The summed E-state index contributed by atoms with van der Waals surface area (Å²) in [6.45, 7) is 4.76. The molecule has 4 heteroatoms. The molecule has 1 aliphatic rings. The van der Waals surface area contributed by atoms with Crippen LogP contribution in [0, 0.1) is 5.92 Å². The number of carbonyl (C=O) groups is 1. The Morgan fingerprint density at radius 2 is 1.89 bits per heavy atom. The first kappa shape index (κ1) is 12.9. The van der Waals surface area contributed by atoms with Gasteiger partial charge in [-0.05, 0) is 23.6 Å². The van der Waals surface area contributed by atoms with E-state index in [4.69, 9.17) is 5.11 Å². The van der Waals surface area contributed by atoms with E-state index in [1.165, 1.54) is 0 Å². The summed E-state index contributed by atoms with van der Waals surface area (Å²) in [6.07, 6.45) is 0.314. The van der Waals surface area contributed by atoms with Crippen molar-refractivity contribution < 1.29 is 15.0 Å². The summed E-state index contributed by atoms with van der Waals surface area (Å²) in [6, 6.07) is 6.62. The van der Waals surface area contributed by atoms with E-state index < -0.39 is 5.60 Å². The predicted molar refractivity (Wildman–Crippen MR) is 68.2 cm³/mol. The zero-order valence-corrected chi connectivity index (χ0v) is 10.8. The summed E-state index contributed by atoms with van der Waals surface area (Å²) in [5.41, 5.74) is 0.155. The van der Waals surface area contributed by atoms with Gasteiger partial charge in [0.2, 0.25) is 5.91 Å². The number of rotatable bonds is 3. The lowest BCUT2D eigenvalue weighted by molar-refractivity contribution is -0.163. The van der Waals surface area contributed by atoms with Crippen LogP contribution in [0.2, 0.25) is 0 Å². The second-order valence-electron chi connectivity index (χ2n) is 5.35. The molecule has 1 heterocycles. The monoisotopic (exact) mass is 249 g/mol. The number of phenols is 1. The topological polar surface area (TPSA) is 60.8 Å². The molecule has 4 nitrogen and oxygen atoms in total. The largest absolute Gasteiger partial charge is 0.508 e. The van der Waals surface area contributed by atoms with E-state index in [1.54, 1.807) is 29.2 Å². The fourth-order valence-corrected chi connectivity index (χ4v) is 2.06. The Morgan fingerprint density at radius 1 is 1.33 bits per heavy atom. The molecule has 0 saturated carbocycles. The van der Waals surface area contributed by atoms with Gasteiger partial charge in [0.1, 0.15) is 11.4 Å². The number of hydrogen-bond acceptors (Lipinski definition) is 3. The third kappa shape index (κ3) is 2.48. The van der Waals surface area contributed by atoms with Gasteiger partial charge in [0.05, 0.1) is 19.5 Å². The van der Waals surface area contributed by atoms with Crippen LogP contribution >= 0.6 is 0 Å². The van der Waals surface area contributed by atoms with Crippen molar-refractivity contribution in [1.82, 2.24) is 4.90 Å². The van der Waals surface area contributed by atoms with Gasteiger partial charge in [-0.3, -0.25) is 4.79 Å². The summed E-state index contributed by atoms with van der Waals surface area (Å²) in [5.74, 6) is 0.380. The summed E-state index contributed by atoms with van der Waals surface area (Å²) < 4.78 is 0. The smallest absolute Gasteiger partial charge is 0.227 e. The molecule has 1 aromatic rings. The number of aliphatic hydroxyl groups is 1. The predicted octanol–water partition coefficient (Wildman–Crippen LogP) is 1.16. The van der Waals surface area contributed by atoms with Crippen LogP contribution in [0.3, 0.4) is 0 Å². The molecule has 0 radical (unpaired) electrons. The number of benzene rings is 1. The number of hydrogen-bond donors (Lipinski definition) is 2. The summed E-state index contributed by atoms with van der Waals surface area (Å²) in [7, 11) is 0. The quantitative estimate of drug-likeness (QED) is 0.845. The van der Waals surface area contributed by atoms with E-state index >= 15 is 0 Å². The number of aromatic hydroxyl groups is 1. The van der Waals surface area contributed by atoms with Crippen molar-refractivity contribution in [3.8, 4) is 5.75 Å². The van der Waals surface area contributed by atoms with E-state index in [0.29, 0.717) is 19.5 Å². The maximum atomic E-state index is 11.9. The lowest BCUT2D eigenvalue weighted by Crippen LogP contribution is -2.66. The fourth-order valence-electron chi connectivity index (χ4n) is 2.06. The Bertz CT molecular complexity index is 433. The SMILES string of the molecule is CC(C)C1(O)CN(C(=O)Cc2ccc(O)cc2)C1. The normalized spacial score (nSPS) is 17.7. The lowest BCUT2D eigenvalue weighted by atomic mass is 9.83. The Balaban J connectivity index is 1.89. The van der Waals surface area contributed by atoms with Gasteiger partial charge in [0.25, 0.3) is 0 Å². The number of likely N-dealkylation sites (tertiary alicyclic amines) is 1. The van der Waals surface area contributed by atoms with Gasteiger partial charge in [0.15, 0.2) is 0 Å². The highest BCUT2D eigenvalue weighted by Crippen LogP contribution is 2.29.